The second kappa shape index (κ2) is 12.8. The normalized spacial score (nSPS) is 10.7. The number of methoxy groups -OCH3 is 1. The maximum Gasteiger partial charge on any atom is 0.409 e. The summed E-state index contributed by atoms with van der Waals surface area (Å²) in [7, 11) is 1.56. The fourth-order valence-corrected chi connectivity index (χ4v) is 4.26. The molecule has 11 nitrogen and oxygen atoms in total. The number of fused-ring (bicyclic) bond motifs is 1. The van der Waals surface area contributed by atoms with Gasteiger partial charge in [-0.3, -0.25) is 10.1 Å². The molecule has 0 atom stereocenters. The number of nitrogens with one attached hydrogen (secondary N) is 2. The van der Waals surface area contributed by atoms with Gasteiger partial charge in [-0.1, -0.05) is 0 Å². The van der Waals surface area contributed by atoms with Crippen LogP contribution in [0.25, 0.3) is 22.0 Å². The largest absolute Gasteiger partial charge is 0.490 e. The van der Waals surface area contributed by atoms with E-state index in [1.807, 2.05) is 25.1 Å². The standard InChI is InChI=1S/C31H26FN5O6/c1-18-24-13-21(20-5-10-28(41-2)33-16-20)14-27(29(24)35-17-34-18)43-12-11-42-23-7-3-19(4-8-23)30(38)36-25-9-6-22(32)15-26(25)37-31(39)40/h3-10,13-17,37H,11-12H2,1-2H3,(H,36,38)(H,39,40). The minimum atomic E-state index is -1.38. The van der Waals surface area contributed by atoms with Crippen LogP contribution >= 0.6 is 0 Å². The van der Waals surface area contributed by atoms with Crippen molar-refractivity contribution in [1.29, 1.82) is 0 Å². The average molecular weight is 584 g/mol. The number of hydrogen-bond donors (Lipinski definition) is 3. The summed E-state index contributed by atoms with van der Waals surface area (Å²) in [4.78, 5) is 36.7. The zero-order valence-corrected chi connectivity index (χ0v) is 23.1. The second-order valence-corrected chi connectivity index (χ2v) is 9.21. The smallest absolute Gasteiger partial charge is 0.409 e. The molecule has 3 aromatic carbocycles. The van der Waals surface area contributed by atoms with Gasteiger partial charge < -0.3 is 24.6 Å². The van der Waals surface area contributed by atoms with Crippen LogP contribution in [0, 0.1) is 12.7 Å². The Kier molecular flexibility index (Phi) is 8.56. The topological polar surface area (TPSA) is 145 Å². The molecule has 218 valence electrons. The maximum absolute atomic E-state index is 13.5. The second-order valence-electron chi connectivity index (χ2n) is 9.21. The molecule has 0 saturated carbocycles. The number of anilines is 2. The molecule has 2 aromatic heterocycles. The summed E-state index contributed by atoms with van der Waals surface area (Å²) >= 11 is 0. The van der Waals surface area contributed by atoms with Crippen LogP contribution in [-0.2, 0) is 0 Å². The molecule has 0 unspecified atom stereocenters. The van der Waals surface area contributed by atoms with Crippen LogP contribution in [0.1, 0.15) is 16.1 Å². The van der Waals surface area contributed by atoms with E-state index in [1.54, 1.807) is 43.6 Å². The number of carboxylic acid groups (broad SMARTS) is 1. The van der Waals surface area contributed by atoms with Crippen LogP contribution in [0.3, 0.4) is 0 Å². The van der Waals surface area contributed by atoms with Crippen LogP contribution in [0.15, 0.2) is 79.3 Å². The minimum absolute atomic E-state index is 0.0820. The van der Waals surface area contributed by atoms with Gasteiger partial charge in [-0.05, 0) is 73.2 Å². The Balaban J connectivity index is 1.22. The van der Waals surface area contributed by atoms with Crippen molar-refractivity contribution >= 4 is 34.3 Å². The van der Waals surface area contributed by atoms with E-state index < -0.39 is 17.8 Å². The molecule has 2 heterocycles. The Morgan fingerprint density at radius 2 is 1.65 bits per heavy atom. The van der Waals surface area contributed by atoms with Crippen molar-refractivity contribution in [1.82, 2.24) is 15.0 Å². The van der Waals surface area contributed by atoms with E-state index in [0.717, 1.165) is 34.3 Å². The molecule has 0 saturated heterocycles. The van der Waals surface area contributed by atoms with Crippen LogP contribution < -0.4 is 24.8 Å². The monoisotopic (exact) mass is 583 g/mol. The van der Waals surface area contributed by atoms with Gasteiger partial charge in [0.2, 0.25) is 5.88 Å². The summed E-state index contributed by atoms with van der Waals surface area (Å²) in [6.07, 6.45) is 1.83. The summed E-state index contributed by atoms with van der Waals surface area (Å²) in [6.45, 7) is 2.34. The van der Waals surface area contributed by atoms with Gasteiger partial charge in [-0.2, -0.15) is 0 Å². The molecule has 0 aliphatic rings. The predicted molar refractivity (Wildman–Crippen MR) is 157 cm³/mol. The molecule has 0 aliphatic heterocycles. The van der Waals surface area contributed by atoms with Gasteiger partial charge in [0.1, 0.15) is 42.4 Å². The van der Waals surface area contributed by atoms with E-state index in [-0.39, 0.29) is 24.6 Å². The fraction of sp³-hybridized carbons (Fsp3) is 0.129. The van der Waals surface area contributed by atoms with Crippen molar-refractivity contribution in [2.24, 2.45) is 0 Å². The Hall–Kier alpha value is -5.78. The lowest BCUT2D eigenvalue weighted by molar-refractivity contribution is 0.102. The SMILES string of the molecule is COc1ccc(-c2cc(OCCOc3ccc(C(=O)Nc4ccc(F)cc4NC(=O)O)cc3)c3ncnc(C)c3c2)cn1. The fourth-order valence-electron chi connectivity index (χ4n) is 4.26. The maximum atomic E-state index is 13.5. The molecule has 0 radical (unpaired) electrons. The van der Waals surface area contributed by atoms with Crippen molar-refractivity contribution < 1.29 is 33.3 Å². The summed E-state index contributed by atoms with van der Waals surface area (Å²) in [5.74, 6) is 0.441. The lowest BCUT2D eigenvalue weighted by Gasteiger charge is -2.13. The molecular weight excluding hydrogens is 557 g/mol. The number of carbonyl (C=O) groups is 2. The summed E-state index contributed by atoms with van der Waals surface area (Å²) in [6, 6.07) is 17.3. The van der Waals surface area contributed by atoms with Crippen molar-refractivity contribution in [3.05, 3.63) is 96.3 Å². The molecule has 5 rings (SSSR count). The highest BCUT2D eigenvalue weighted by molar-refractivity contribution is 6.06. The van der Waals surface area contributed by atoms with Crippen molar-refractivity contribution in [2.75, 3.05) is 31.0 Å². The number of aromatic nitrogens is 3. The third-order valence-corrected chi connectivity index (χ3v) is 6.38. The highest BCUT2D eigenvalue weighted by atomic mass is 19.1. The van der Waals surface area contributed by atoms with Crippen molar-refractivity contribution in [3.63, 3.8) is 0 Å². The van der Waals surface area contributed by atoms with Crippen LogP contribution in [0.2, 0.25) is 0 Å². The number of nitrogens with zero attached hydrogens (tertiary/aromatic N) is 3. The quantitative estimate of drug-likeness (QED) is 0.170. The number of carbonyl (C=O) groups excluding carboxylic acids is 1. The van der Waals surface area contributed by atoms with Gasteiger partial charge >= 0.3 is 6.09 Å². The van der Waals surface area contributed by atoms with Crippen LogP contribution in [-0.4, -0.2) is 52.4 Å². The Morgan fingerprint density at radius 3 is 2.37 bits per heavy atom. The van der Waals surface area contributed by atoms with Crippen molar-refractivity contribution in [2.45, 2.75) is 6.92 Å². The van der Waals surface area contributed by atoms with Crippen molar-refractivity contribution in [3.8, 4) is 28.5 Å². The first-order valence-electron chi connectivity index (χ1n) is 13.0. The molecule has 3 N–H and O–H groups in total. The summed E-state index contributed by atoms with van der Waals surface area (Å²) in [5, 5.41) is 14.5. The number of halogens is 1. The Labute approximate surface area is 245 Å². The molecule has 5 aromatic rings. The van der Waals surface area contributed by atoms with E-state index >= 15 is 0 Å². The van der Waals surface area contributed by atoms with E-state index in [1.165, 1.54) is 12.4 Å². The van der Waals surface area contributed by atoms with Gasteiger partial charge in [-0.25, -0.2) is 24.1 Å². The first-order chi connectivity index (χ1) is 20.8. The molecule has 0 bridgehead atoms. The summed E-state index contributed by atoms with van der Waals surface area (Å²) < 4.78 is 30.6. The molecular formula is C31H26FN5O6. The van der Waals surface area contributed by atoms with Gasteiger partial charge in [0.25, 0.3) is 5.91 Å². The van der Waals surface area contributed by atoms with Gasteiger partial charge in [0, 0.05) is 34.5 Å². The number of hydrogen-bond acceptors (Lipinski definition) is 8. The molecule has 0 aliphatic carbocycles. The average Bonchev–Trinajstić information content (AvgIpc) is 3.01. The predicted octanol–water partition coefficient (Wildman–Crippen LogP) is 5.95. The lowest BCUT2D eigenvalue weighted by atomic mass is 10.0. The Bertz CT molecular complexity index is 1780. The number of aryl methyl sites for hydroxylation is 1. The lowest BCUT2D eigenvalue weighted by Crippen LogP contribution is -2.15. The summed E-state index contributed by atoms with van der Waals surface area (Å²) in [5.41, 5.74) is 3.58. The zero-order chi connectivity index (χ0) is 30.3. The number of ether oxygens (including phenoxy) is 3. The number of rotatable bonds is 10. The first-order valence-corrected chi connectivity index (χ1v) is 13.0. The minimum Gasteiger partial charge on any atom is -0.490 e. The third kappa shape index (κ3) is 6.93. The first kappa shape index (κ1) is 28.7. The van der Waals surface area contributed by atoms with Gasteiger partial charge in [-0.15, -0.1) is 0 Å². The van der Waals surface area contributed by atoms with Crippen LogP contribution in [0.5, 0.6) is 17.4 Å². The molecule has 43 heavy (non-hydrogen) atoms. The third-order valence-electron chi connectivity index (χ3n) is 6.38. The van der Waals surface area contributed by atoms with Gasteiger partial charge in [0.15, 0.2) is 0 Å². The van der Waals surface area contributed by atoms with E-state index in [2.05, 4.69) is 25.6 Å². The molecule has 0 fully saturated rings. The Morgan fingerprint density at radius 1 is 0.860 bits per heavy atom. The van der Waals surface area contributed by atoms with E-state index in [4.69, 9.17) is 19.3 Å². The molecule has 12 heteroatoms. The van der Waals surface area contributed by atoms with Crippen LogP contribution in [0.4, 0.5) is 20.6 Å². The number of amides is 2. The number of pyridine rings is 1. The van der Waals surface area contributed by atoms with E-state index in [9.17, 15) is 14.0 Å². The molecule has 0 spiro atoms. The molecule has 2 amide bonds. The van der Waals surface area contributed by atoms with E-state index in [0.29, 0.717) is 28.5 Å². The highest BCUT2D eigenvalue weighted by Crippen LogP contribution is 2.33. The highest BCUT2D eigenvalue weighted by Gasteiger charge is 2.14. The zero-order valence-electron chi connectivity index (χ0n) is 23.1. The number of benzene rings is 3. The van der Waals surface area contributed by atoms with Gasteiger partial charge in [0.05, 0.1) is 18.5 Å².